The molecule has 0 saturated heterocycles. The third-order valence-electron chi connectivity index (χ3n) is 3.32. The molecule has 0 atom stereocenters. The zero-order valence-electron chi connectivity index (χ0n) is 11.8. The molecule has 1 amide bonds. The van der Waals surface area contributed by atoms with E-state index >= 15 is 0 Å². The molecule has 6 nitrogen and oxygen atoms in total. The van der Waals surface area contributed by atoms with Crippen molar-refractivity contribution in [3.05, 3.63) is 47.0 Å². The van der Waals surface area contributed by atoms with Crippen LogP contribution in [0.1, 0.15) is 10.4 Å². The quantitative estimate of drug-likeness (QED) is 0.736. The second-order valence-corrected chi connectivity index (χ2v) is 5.47. The minimum Gasteiger partial charge on any atom is -0.395 e. The van der Waals surface area contributed by atoms with Gasteiger partial charge in [0.05, 0.1) is 11.0 Å². The third kappa shape index (κ3) is 2.61. The molecular weight excluding hydrogens is 344 g/mol. The van der Waals surface area contributed by atoms with E-state index in [0.29, 0.717) is 21.6 Å². The number of aromatic nitrogens is 2. The molecule has 0 unspecified atom stereocenters. The number of alkyl halides is 2. The summed E-state index contributed by atoms with van der Waals surface area (Å²) in [5.41, 5.74) is 1.12. The molecule has 4 rings (SSSR count). The maximum Gasteiger partial charge on any atom is 0.586 e. The molecule has 122 valence electrons. The van der Waals surface area contributed by atoms with Crippen LogP contribution in [0.25, 0.3) is 11.0 Å². The molecule has 9 heteroatoms. The van der Waals surface area contributed by atoms with Crippen LogP contribution in [-0.4, -0.2) is 22.2 Å². The van der Waals surface area contributed by atoms with Gasteiger partial charge in [-0.2, -0.15) is 0 Å². The lowest BCUT2D eigenvalue weighted by molar-refractivity contribution is -0.286. The summed E-state index contributed by atoms with van der Waals surface area (Å²) < 4.78 is 34.8. The molecular formula is C15H8ClF2N3O3. The number of anilines is 1. The van der Waals surface area contributed by atoms with Gasteiger partial charge in [-0.15, -0.1) is 8.78 Å². The van der Waals surface area contributed by atoms with Crippen LogP contribution in [0.2, 0.25) is 5.02 Å². The van der Waals surface area contributed by atoms with Crippen LogP contribution in [0.4, 0.5) is 14.7 Å². The second-order valence-electron chi connectivity index (χ2n) is 5.03. The minimum atomic E-state index is -3.69. The topological polar surface area (TPSA) is 76.2 Å². The van der Waals surface area contributed by atoms with Gasteiger partial charge in [-0.1, -0.05) is 17.7 Å². The Morgan fingerprint density at radius 1 is 1.21 bits per heavy atom. The first-order chi connectivity index (χ1) is 11.4. The van der Waals surface area contributed by atoms with Crippen LogP contribution in [0.5, 0.6) is 11.5 Å². The number of imidazole rings is 1. The molecule has 1 aromatic heterocycles. The van der Waals surface area contributed by atoms with Gasteiger partial charge in [0.25, 0.3) is 5.91 Å². The van der Waals surface area contributed by atoms with E-state index in [0.717, 1.165) is 0 Å². The van der Waals surface area contributed by atoms with Crippen LogP contribution in [0, 0.1) is 0 Å². The molecule has 2 aromatic carbocycles. The van der Waals surface area contributed by atoms with Gasteiger partial charge in [0.15, 0.2) is 11.5 Å². The van der Waals surface area contributed by atoms with Crippen LogP contribution < -0.4 is 14.8 Å². The smallest absolute Gasteiger partial charge is 0.395 e. The van der Waals surface area contributed by atoms with Crippen LogP contribution in [0.15, 0.2) is 36.4 Å². The highest BCUT2D eigenvalue weighted by Gasteiger charge is 2.43. The Balaban J connectivity index is 1.61. The molecule has 24 heavy (non-hydrogen) atoms. The maximum absolute atomic E-state index is 13.0. The molecule has 0 saturated carbocycles. The Labute approximate surface area is 138 Å². The summed E-state index contributed by atoms with van der Waals surface area (Å²) in [5.74, 6) is -0.482. The van der Waals surface area contributed by atoms with Gasteiger partial charge in [-0.3, -0.25) is 10.1 Å². The molecule has 2 heterocycles. The molecule has 1 aliphatic rings. The fourth-order valence-electron chi connectivity index (χ4n) is 2.32. The first-order valence-corrected chi connectivity index (χ1v) is 7.14. The molecule has 0 fully saturated rings. The predicted molar refractivity (Wildman–Crippen MR) is 81.7 cm³/mol. The lowest BCUT2D eigenvalue weighted by atomic mass is 10.2. The molecule has 2 N–H and O–H groups in total. The number of nitrogens with zero attached hydrogens (tertiary/aromatic N) is 1. The highest BCUT2D eigenvalue weighted by atomic mass is 35.5. The minimum absolute atomic E-state index is 0.108. The SMILES string of the molecule is O=C(Nc1nc2cc3c(cc2[nH]1)OC(F)(F)O3)c1cccc(Cl)c1. The summed E-state index contributed by atoms with van der Waals surface area (Å²) in [6, 6.07) is 9.04. The monoisotopic (exact) mass is 351 g/mol. The molecule has 1 aliphatic heterocycles. The maximum atomic E-state index is 13.0. The van der Waals surface area contributed by atoms with Crippen molar-refractivity contribution in [1.82, 2.24) is 9.97 Å². The Bertz CT molecular complexity index is 929. The fourth-order valence-corrected chi connectivity index (χ4v) is 2.51. The number of benzene rings is 2. The number of nitrogens with one attached hydrogen (secondary N) is 2. The van der Waals surface area contributed by atoms with Crippen molar-refractivity contribution in [2.75, 3.05) is 5.32 Å². The third-order valence-corrected chi connectivity index (χ3v) is 3.56. The van der Waals surface area contributed by atoms with Crippen molar-refractivity contribution in [3.63, 3.8) is 0 Å². The summed E-state index contributed by atoms with van der Waals surface area (Å²) in [7, 11) is 0. The molecule has 0 bridgehead atoms. The number of fused-ring (bicyclic) bond motifs is 2. The van der Waals surface area contributed by atoms with Crippen molar-refractivity contribution in [2.45, 2.75) is 6.29 Å². The van der Waals surface area contributed by atoms with Crippen LogP contribution in [-0.2, 0) is 0 Å². The van der Waals surface area contributed by atoms with Gasteiger partial charge in [0.1, 0.15) is 0 Å². The lowest BCUT2D eigenvalue weighted by Gasteiger charge is -2.04. The number of carbonyl (C=O) groups excluding carboxylic acids is 1. The summed E-state index contributed by atoms with van der Waals surface area (Å²) in [6.07, 6.45) is -3.69. The zero-order valence-corrected chi connectivity index (χ0v) is 12.5. The first-order valence-electron chi connectivity index (χ1n) is 6.76. The van der Waals surface area contributed by atoms with Crippen molar-refractivity contribution in [2.24, 2.45) is 0 Å². The number of hydrogen-bond acceptors (Lipinski definition) is 4. The summed E-state index contributed by atoms with van der Waals surface area (Å²) in [5, 5.41) is 3.00. The number of ether oxygens (including phenoxy) is 2. The van der Waals surface area contributed by atoms with Crippen molar-refractivity contribution in [3.8, 4) is 11.5 Å². The molecule has 0 spiro atoms. The van der Waals surface area contributed by atoms with Gasteiger partial charge >= 0.3 is 6.29 Å². The summed E-state index contributed by atoms with van der Waals surface area (Å²) in [6.45, 7) is 0. The van der Waals surface area contributed by atoms with Crippen molar-refractivity contribution >= 4 is 34.5 Å². The van der Waals surface area contributed by atoms with Gasteiger partial charge in [-0.25, -0.2) is 4.98 Å². The number of H-pyrrole nitrogens is 1. The number of halogens is 3. The largest absolute Gasteiger partial charge is 0.586 e. The average molecular weight is 352 g/mol. The number of amides is 1. The first kappa shape index (κ1) is 14.7. The van der Waals surface area contributed by atoms with Gasteiger partial charge in [0, 0.05) is 22.7 Å². The fraction of sp³-hybridized carbons (Fsp3) is 0.0667. The van der Waals surface area contributed by atoms with Crippen LogP contribution in [0.3, 0.4) is 0 Å². The number of aromatic amines is 1. The number of carbonyl (C=O) groups is 1. The summed E-state index contributed by atoms with van der Waals surface area (Å²) >= 11 is 5.84. The van der Waals surface area contributed by atoms with E-state index in [2.05, 4.69) is 24.8 Å². The van der Waals surface area contributed by atoms with Gasteiger partial charge < -0.3 is 14.5 Å². The molecule has 0 aliphatic carbocycles. The average Bonchev–Trinajstić information content (AvgIpc) is 3.01. The van der Waals surface area contributed by atoms with E-state index in [1.165, 1.54) is 18.2 Å². The predicted octanol–water partition coefficient (Wildman–Crippen LogP) is 3.79. The van der Waals surface area contributed by atoms with E-state index in [4.69, 9.17) is 11.6 Å². The molecule has 3 aromatic rings. The standard InChI is InChI=1S/C15H8ClF2N3O3/c16-8-3-1-2-7(4-8)13(22)21-14-19-9-5-11-12(6-10(9)20-14)24-15(17,18)23-11/h1-6H,(H2,19,20,21,22). The Kier molecular flexibility index (Phi) is 3.10. The highest BCUT2D eigenvalue weighted by molar-refractivity contribution is 6.31. The Morgan fingerprint density at radius 2 is 1.96 bits per heavy atom. The van der Waals surface area contributed by atoms with Gasteiger partial charge in [-0.05, 0) is 18.2 Å². The highest BCUT2D eigenvalue weighted by Crippen LogP contribution is 2.42. The number of rotatable bonds is 2. The van der Waals surface area contributed by atoms with Crippen molar-refractivity contribution < 1.29 is 23.0 Å². The Morgan fingerprint density at radius 3 is 2.71 bits per heavy atom. The van der Waals surface area contributed by atoms with Crippen LogP contribution >= 0.6 is 11.6 Å². The van der Waals surface area contributed by atoms with E-state index in [1.807, 2.05) is 0 Å². The zero-order chi connectivity index (χ0) is 16.9. The van der Waals surface area contributed by atoms with Gasteiger partial charge in [0.2, 0.25) is 5.95 Å². The number of hydrogen-bond donors (Lipinski definition) is 2. The normalized spacial score (nSPS) is 14.8. The van der Waals surface area contributed by atoms with Crippen molar-refractivity contribution in [1.29, 1.82) is 0 Å². The Hall–Kier alpha value is -2.87. The second kappa shape index (κ2) is 5.07. The van der Waals surface area contributed by atoms with E-state index in [9.17, 15) is 13.6 Å². The van der Waals surface area contributed by atoms with E-state index in [-0.39, 0.29) is 17.4 Å². The van der Waals surface area contributed by atoms with E-state index < -0.39 is 12.2 Å². The van der Waals surface area contributed by atoms with E-state index in [1.54, 1.807) is 18.2 Å². The molecule has 0 radical (unpaired) electrons. The lowest BCUT2D eigenvalue weighted by Crippen LogP contribution is -2.25. The summed E-state index contributed by atoms with van der Waals surface area (Å²) in [4.78, 5) is 19.1.